The molecule has 2 rings (SSSR count). The number of aryl methyl sites for hydroxylation is 1. The first-order valence-electron chi connectivity index (χ1n) is 4.84. The zero-order valence-electron chi connectivity index (χ0n) is 9.08. The molecular formula is C11H7BrF3NOS. The van der Waals surface area contributed by atoms with Crippen LogP contribution in [0.25, 0.3) is 11.3 Å². The molecule has 1 heterocycles. The van der Waals surface area contributed by atoms with E-state index in [0.717, 1.165) is 20.1 Å². The average Bonchev–Trinajstić information content (AvgIpc) is 2.57. The molecule has 96 valence electrons. The third-order valence-corrected chi connectivity index (χ3v) is 3.67. The Bertz CT molecular complexity index is 550. The van der Waals surface area contributed by atoms with E-state index in [1.165, 1.54) is 23.5 Å². The highest BCUT2D eigenvalue weighted by Gasteiger charge is 2.31. The number of rotatable bonds is 2. The van der Waals surface area contributed by atoms with Crippen molar-refractivity contribution in [2.75, 3.05) is 0 Å². The minimum absolute atomic E-state index is 0.241. The molecule has 0 atom stereocenters. The molecule has 0 bridgehead atoms. The van der Waals surface area contributed by atoms with Gasteiger partial charge in [0.05, 0.1) is 14.5 Å². The van der Waals surface area contributed by atoms with Crippen LogP contribution in [0.2, 0.25) is 0 Å². The molecule has 0 N–H and O–H groups in total. The Morgan fingerprint density at radius 2 is 1.83 bits per heavy atom. The van der Waals surface area contributed by atoms with Gasteiger partial charge in [-0.1, -0.05) is 0 Å². The number of nitrogens with zero attached hydrogens (tertiary/aromatic N) is 1. The van der Waals surface area contributed by atoms with Crippen LogP contribution in [-0.4, -0.2) is 11.3 Å². The van der Waals surface area contributed by atoms with Gasteiger partial charge in [0.1, 0.15) is 5.75 Å². The number of hydrogen-bond acceptors (Lipinski definition) is 3. The van der Waals surface area contributed by atoms with Gasteiger partial charge in [-0.05, 0) is 47.1 Å². The molecule has 2 aromatic rings. The van der Waals surface area contributed by atoms with E-state index >= 15 is 0 Å². The van der Waals surface area contributed by atoms with Crippen LogP contribution in [0, 0.1) is 6.92 Å². The fraction of sp³-hybridized carbons (Fsp3) is 0.182. The summed E-state index contributed by atoms with van der Waals surface area (Å²) >= 11 is 4.84. The highest BCUT2D eigenvalue weighted by Crippen LogP contribution is 2.33. The van der Waals surface area contributed by atoms with Crippen LogP contribution >= 0.6 is 27.3 Å². The largest absolute Gasteiger partial charge is 0.573 e. The molecule has 0 aliphatic heterocycles. The lowest BCUT2D eigenvalue weighted by Crippen LogP contribution is -2.16. The molecule has 1 aromatic heterocycles. The van der Waals surface area contributed by atoms with E-state index in [-0.39, 0.29) is 5.75 Å². The smallest absolute Gasteiger partial charge is 0.406 e. The molecule has 0 saturated heterocycles. The van der Waals surface area contributed by atoms with Crippen LogP contribution in [0.15, 0.2) is 28.1 Å². The fourth-order valence-corrected chi connectivity index (χ4v) is 3.07. The summed E-state index contributed by atoms with van der Waals surface area (Å²) in [5.41, 5.74) is 1.46. The molecule has 0 spiro atoms. The summed E-state index contributed by atoms with van der Waals surface area (Å²) in [6.45, 7) is 1.86. The van der Waals surface area contributed by atoms with E-state index in [4.69, 9.17) is 0 Å². The molecule has 0 amide bonds. The topological polar surface area (TPSA) is 22.1 Å². The van der Waals surface area contributed by atoms with E-state index in [1.807, 2.05) is 6.92 Å². The Kier molecular flexibility index (Phi) is 3.63. The molecule has 1 aromatic carbocycles. The van der Waals surface area contributed by atoms with Gasteiger partial charge in [0.15, 0.2) is 0 Å². The van der Waals surface area contributed by atoms with Gasteiger partial charge in [0.2, 0.25) is 0 Å². The second-order valence-electron chi connectivity index (χ2n) is 3.43. The van der Waals surface area contributed by atoms with Crippen molar-refractivity contribution in [3.05, 3.63) is 33.1 Å². The van der Waals surface area contributed by atoms with Crippen molar-refractivity contribution in [2.45, 2.75) is 13.3 Å². The highest BCUT2D eigenvalue weighted by molar-refractivity contribution is 9.11. The highest BCUT2D eigenvalue weighted by atomic mass is 79.9. The van der Waals surface area contributed by atoms with Crippen LogP contribution in [0.4, 0.5) is 13.2 Å². The van der Waals surface area contributed by atoms with Gasteiger partial charge in [-0.25, -0.2) is 4.98 Å². The summed E-state index contributed by atoms with van der Waals surface area (Å²) in [6, 6.07) is 5.62. The molecule has 0 fully saturated rings. The third-order valence-electron chi connectivity index (χ3n) is 2.05. The quantitative estimate of drug-likeness (QED) is 0.786. The van der Waals surface area contributed by atoms with Gasteiger partial charge in [-0.3, -0.25) is 0 Å². The second kappa shape index (κ2) is 4.89. The molecule has 0 aliphatic rings. The Labute approximate surface area is 114 Å². The minimum atomic E-state index is -4.67. The monoisotopic (exact) mass is 337 g/mol. The number of aromatic nitrogens is 1. The van der Waals surface area contributed by atoms with E-state index in [2.05, 4.69) is 25.7 Å². The maximum Gasteiger partial charge on any atom is 0.573 e. The Morgan fingerprint density at radius 1 is 1.22 bits per heavy atom. The summed E-state index contributed by atoms with van der Waals surface area (Å²) in [4.78, 5) is 4.29. The maximum atomic E-state index is 12.0. The van der Waals surface area contributed by atoms with Crippen molar-refractivity contribution >= 4 is 27.3 Å². The number of hydrogen-bond donors (Lipinski definition) is 0. The average molecular weight is 338 g/mol. The first kappa shape index (κ1) is 13.4. The first-order valence-corrected chi connectivity index (χ1v) is 6.45. The lowest BCUT2D eigenvalue weighted by Gasteiger charge is -2.08. The fourth-order valence-electron chi connectivity index (χ4n) is 1.39. The second-order valence-corrected chi connectivity index (χ2v) is 5.95. The summed E-state index contributed by atoms with van der Waals surface area (Å²) < 4.78 is 40.6. The van der Waals surface area contributed by atoms with Crippen LogP contribution in [-0.2, 0) is 0 Å². The lowest BCUT2D eigenvalue weighted by molar-refractivity contribution is -0.274. The molecule has 0 unspecified atom stereocenters. The van der Waals surface area contributed by atoms with Gasteiger partial charge in [0, 0.05) is 5.56 Å². The summed E-state index contributed by atoms with van der Waals surface area (Å²) in [5, 5.41) is 0.882. The van der Waals surface area contributed by atoms with Gasteiger partial charge in [-0.15, -0.1) is 24.5 Å². The Hall–Kier alpha value is -1.08. The standard InChI is InChI=1S/C11H7BrF3NOS/c1-6-16-9(10(12)18-6)7-2-4-8(5-3-7)17-11(13,14)15/h2-5H,1H3. The van der Waals surface area contributed by atoms with Crippen molar-refractivity contribution in [3.8, 4) is 17.0 Å². The first-order chi connectivity index (χ1) is 8.35. The molecule has 18 heavy (non-hydrogen) atoms. The normalized spacial score (nSPS) is 11.6. The molecular weight excluding hydrogens is 331 g/mol. The van der Waals surface area contributed by atoms with Crippen molar-refractivity contribution < 1.29 is 17.9 Å². The van der Waals surface area contributed by atoms with Gasteiger partial charge >= 0.3 is 6.36 Å². The van der Waals surface area contributed by atoms with Crippen LogP contribution in [0.5, 0.6) is 5.75 Å². The van der Waals surface area contributed by atoms with E-state index in [9.17, 15) is 13.2 Å². The SMILES string of the molecule is Cc1nc(-c2ccc(OC(F)(F)F)cc2)c(Br)s1. The number of benzene rings is 1. The minimum Gasteiger partial charge on any atom is -0.406 e. The third kappa shape index (κ3) is 3.23. The van der Waals surface area contributed by atoms with Crippen molar-refractivity contribution in [2.24, 2.45) is 0 Å². The van der Waals surface area contributed by atoms with E-state index < -0.39 is 6.36 Å². The number of thiazole rings is 1. The van der Waals surface area contributed by atoms with Gasteiger partial charge in [-0.2, -0.15) is 0 Å². The number of ether oxygens (including phenoxy) is 1. The molecule has 0 saturated carbocycles. The van der Waals surface area contributed by atoms with Crippen LogP contribution < -0.4 is 4.74 Å². The van der Waals surface area contributed by atoms with Crippen LogP contribution in [0.1, 0.15) is 5.01 Å². The van der Waals surface area contributed by atoms with Crippen molar-refractivity contribution in [1.82, 2.24) is 4.98 Å². The van der Waals surface area contributed by atoms with Gasteiger partial charge in [0.25, 0.3) is 0 Å². The van der Waals surface area contributed by atoms with Crippen LogP contribution in [0.3, 0.4) is 0 Å². The van der Waals surface area contributed by atoms with E-state index in [1.54, 1.807) is 12.1 Å². The summed E-state index contributed by atoms with van der Waals surface area (Å²) in [7, 11) is 0. The maximum absolute atomic E-state index is 12.0. The summed E-state index contributed by atoms with van der Waals surface area (Å²) in [6.07, 6.45) is -4.67. The Morgan fingerprint density at radius 3 is 2.28 bits per heavy atom. The lowest BCUT2D eigenvalue weighted by atomic mass is 10.2. The zero-order valence-corrected chi connectivity index (χ0v) is 11.5. The molecule has 2 nitrogen and oxygen atoms in total. The van der Waals surface area contributed by atoms with Crippen molar-refractivity contribution in [3.63, 3.8) is 0 Å². The summed E-state index contributed by atoms with van der Waals surface area (Å²) in [5.74, 6) is -0.241. The van der Waals surface area contributed by atoms with Gasteiger partial charge < -0.3 is 4.74 Å². The zero-order chi connectivity index (χ0) is 13.3. The predicted molar refractivity (Wildman–Crippen MR) is 66.7 cm³/mol. The Balaban J connectivity index is 2.25. The predicted octanol–water partition coefficient (Wildman–Crippen LogP) is 4.78. The number of halogens is 4. The van der Waals surface area contributed by atoms with Crippen molar-refractivity contribution in [1.29, 1.82) is 0 Å². The molecule has 0 aliphatic carbocycles. The molecule has 0 radical (unpaired) electrons. The van der Waals surface area contributed by atoms with E-state index in [0.29, 0.717) is 0 Å². The molecule has 7 heteroatoms. The number of alkyl halides is 3.